The molecular weight excluding hydrogens is 252 g/mol. The molecule has 0 atom stereocenters. The summed E-state index contributed by atoms with van der Waals surface area (Å²) < 4.78 is 0. The molecule has 3 N–H and O–H groups in total. The average Bonchev–Trinajstić information content (AvgIpc) is 2.70. The second-order valence-corrected chi connectivity index (χ2v) is 4.09. The van der Waals surface area contributed by atoms with Crippen LogP contribution in [-0.2, 0) is 16.1 Å². The summed E-state index contributed by atoms with van der Waals surface area (Å²) in [5.74, 6) is 4.73. The maximum Gasteiger partial charge on any atom is 0.293 e. The van der Waals surface area contributed by atoms with Crippen molar-refractivity contribution in [3.05, 3.63) is 33.9 Å². The Hall–Kier alpha value is -2.48. The molecule has 0 aliphatic carbocycles. The lowest BCUT2D eigenvalue weighted by Crippen LogP contribution is -2.29. The van der Waals surface area contributed by atoms with Gasteiger partial charge in [-0.25, -0.2) is 0 Å². The number of benzene rings is 1. The minimum atomic E-state index is -0.577. The number of anilines is 1. The number of imide groups is 1. The predicted molar refractivity (Wildman–Crippen MR) is 65.7 cm³/mol. The first-order chi connectivity index (χ1) is 9.04. The quantitative estimate of drug-likeness (QED) is 0.354. The fourth-order valence-electron chi connectivity index (χ4n) is 2.01. The van der Waals surface area contributed by atoms with Crippen LogP contribution in [0.5, 0.6) is 0 Å². The molecule has 1 aliphatic rings. The predicted octanol–water partition coefficient (Wildman–Crippen LogP) is 0.529. The summed E-state index contributed by atoms with van der Waals surface area (Å²) in [4.78, 5) is 34.4. The first kappa shape index (κ1) is 13.0. The van der Waals surface area contributed by atoms with E-state index in [4.69, 9.17) is 5.84 Å². The summed E-state index contributed by atoms with van der Waals surface area (Å²) in [6.07, 6.45) is 0.359. The molecule has 1 aromatic rings. The van der Waals surface area contributed by atoms with E-state index in [1.807, 2.05) is 0 Å². The van der Waals surface area contributed by atoms with E-state index in [0.29, 0.717) is 5.56 Å². The van der Waals surface area contributed by atoms with E-state index in [1.165, 1.54) is 12.1 Å². The van der Waals surface area contributed by atoms with Gasteiger partial charge in [0.1, 0.15) is 5.69 Å². The molecule has 1 fully saturated rings. The number of nitrogens with one attached hydrogen (secondary N) is 1. The topological polar surface area (TPSA) is 119 Å². The van der Waals surface area contributed by atoms with Gasteiger partial charge in [0, 0.05) is 24.5 Å². The monoisotopic (exact) mass is 264 g/mol. The number of carbonyl (C=O) groups is 2. The van der Waals surface area contributed by atoms with E-state index in [1.54, 1.807) is 6.07 Å². The molecule has 0 unspecified atom stereocenters. The van der Waals surface area contributed by atoms with Crippen LogP contribution in [0, 0.1) is 10.1 Å². The highest BCUT2D eigenvalue weighted by molar-refractivity contribution is 6.02. The molecule has 1 saturated heterocycles. The summed E-state index contributed by atoms with van der Waals surface area (Å²) >= 11 is 0. The van der Waals surface area contributed by atoms with Crippen LogP contribution in [0.4, 0.5) is 11.4 Å². The Bertz CT molecular complexity index is 542. The largest absolute Gasteiger partial charge is 0.318 e. The summed E-state index contributed by atoms with van der Waals surface area (Å²) in [5.41, 5.74) is 2.60. The molecule has 8 heteroatoms. The highest BCUT2D eigenvalue weighted by atomic mass is 16.6. The number of hydrogen-bond acceptors (Lipinski definition) is 6. The van der Waals surface area contributed by atoms with Crippen molar-refractivity contribution >= 4 is 23.2 Å². The number of nitrogens with two attached hydrogens (primary N) is 1. The molecule has 0 radical (unpaired) electrons. The number of hydrazine groups is 1. The third-order valence-corrected chi connectivity index (χ3v) is 2.95. The standard InChI is InChI=1S/C11H12N4O4/c12-13-11-7(2-1-3-8(11)15(18)19)6-14-9(16)4-5-10(14)17/h1-3,13H,4-6,12H2. The first-order valence-electron chi connectivity index (χ1n) is 5.60. The van der Waals surface area contributed by atoms with Crippen molar-refractivity contribution in [1.82, 2.24) is 4.90 Å². The molecule has 2 amide bonds. The number of carbonyl (C=O) groups excluding carboxylic acids is 2. The van der Waals surface area contributed by atoms with Crippen LogP contribution in [0.1, 0.15) is 18.4 Å². The second kappa shape index (κ2) is 5.02. The number of nitro groups is 1. The van der Waals surface area contributed by atoms with Crippen LogP contribution in [0.2, 0.25) is 0 Å². The van der Waals surface area contributed by atoms with Crippen molar-refractivity contribution in [2.75, 3.05) is 5.43 Å². The Kier molecular flexibility index (Phi) is 3.43. The van der Waals surface area contributed by atoms with Gasteiger partial charge < -0.3 is 5.43 Å². The van der Waals surface area contributed by atoms with Crippen LogP contribution in [-0.4, -0.2) is 21.6 Å². The van der Waals surface area contributed by atoms with Gasteiger partial charge in [-0.1, -0.05) is 12.1 Å². The van der Waals surface area contributed by atoms with Gasteiger partial charge in [-0.15, -0.1) is 0 Å². The van der Waals surface area contributed by atoms with Crippen LogP contribution in [0.25, 0.3) is 0 Å². The Morgan fingerprint density at radius 2 is 1.95 bits per heavy atom. The molecule has 1 aromatic carbocycles. The number of rotatable bonds is 4. The highest BCUT2D eigenvalue weighted by Gasteiger charge is 2.30. The summed E-state index contributed by atoms with van der Waals surface area (Å²) in [6.45, 7) is -0.0150. The van der Waals surface area contributed by atoms with Gasteiger partial charge in [-0.2, -0.15) is 0 Å². The van der Waals surface area contributed by atoms with Gasteiger partial charge in [0.2, 0.25) is 11.8 Å². The zero-order chi connectivity index (χ0) is 14.0. The molecular formula is C11H12N4O4. The van der Waals surface area contributed by atoms with E-state index in [0.717, 1.165) is 4.90 Å². The van der Waals surface area contributed by atoms with Gasteiger partial charge in [0.15, 0.2) is 0 Å². The molecule has 0 aromatic heterocycles. The fraction of sp³-hybridized carbons (Fsp3) is 0.273. The Balaban J connectivity index is 2.35. The summed E-state index contributed by atoms with van der Waals surface area (Å²) in [6, 6.07) is 4.37. The molecule has 0 bridgehead atoms. The minimum absolute atomic E-state index is 0.0150. The lowest BCUT2D eigenvalue weighted by atomic mass is 10.1. The van der Waals surface area contributed by atoms with E-state index < -0.39 is 4.92 Å². The van der Waals surface area contributed by atoms with E-state index >= 15 is 0 Å². The molecule has 0 saturated carbocycles. The molecule has 100 valence electrons. The van der Waals surface area contributed by atoms with Crippen LogP contribution < -0.4 is 11.3 Å². The van der Waals surface area contributed by atoms with E-state index in [-0.39, 0.29) is 42.6 Å². The normalized spacial score (nSPS) is 14.9. The van der Waals surface area contributed by atoms with Gasteiger partial charge in [-0.3, -0.25) is 30.4 Å². The third kappa shape index (κ3) is 2.38. The number of nitrogen functional groups attached to an aromatic ring is 1. The lowest BCUT2D eigenvalue weighted by molar-refractivity contribution is -0.384. The molecule has 1 heterocycles. The van der Waals surface area contributed by atoms with Crippen molar-refractivity contribution in [3.8, 4) is 0 Å². The average molecular weight is 264 g/mol. The number of amides is 2. The highest BCUT2D eigenvalue weighted by Crippen LogP contribution is 2.29. The van der Waals surface area contributed by atoms with Crippen molar-refractivity contribution in [1.29, 1.82) is 0 Å². The maximum atomic E-state index is 11.5. The summed E-state index contributed by atoms with van der Waals surface area (Å²) in [5, 5.41) is 10.9. The van der Waals surface area contributed by atoms with Gasteiger partial charge in [0.25, 0.3) is 5.69 Å². The van der Waals surface area contributed by atoms with Crippen molar-refractivity contribution < 1.29 is 14.5 Å². The Morgan fingerprint density at radius 3 is 2.47 bits per heavy atom. The maximum absolute atomic E-state index is 11.5. The number of nitrogens with zero attached hydrogens (tertiary/aromatic N) is 2. The molecule has 0 spiro atoms. The van der Waals surface area contributed by atoms with Crippen LogP contribution in [0.15, 0.2) is 18.2 Å². The van der Waals surface area contributed by atoms with Crippen molar-refractivity contribution in [2.24, 2.45) is 5.84 Å². The Morgan fingerprint density at radius 1 is 1.32 bits per heavy atom. The lowest BCUT2D eigenvalue weighted by Gasteiger charge is -2.16. The van der Waals surface area contributed by atoms with Gasteiger partial charge in [0.05, 0.1) is 11.5 Å². The number of hydrogen-bond donors (Lipinski definition) is 2. The SMILES string of the molecule is NNc1c(CN2C(=O)CCC2=O)cccc1[N+](=O)[O-]. The van der Waals surface area contributed by atoms with Crippen molar-refractivity contribution in [2.45, 2.75) is 19.4 Å². The molecule has 2 rings (SSSR count). The van der Waals surface area contributed by atoms with Gasteiger partial charge in [-0.05, 0) is 0 Å². The molecule has 8 nitrogen and oxygen atoms in total. The zero-order valence-corrected chi connectivity index (χ0v) is 9.96. The van der Waals surface area contributed by atoms with Crippen LogP contribution >= 0.6 is 0 Å². The Labute approximate surface area is 108 Å². The molecule has 19 heavy (non-hydrogen) atoms. The number of nitro benzene ring substituents is 1. The minimum Gasteiger partial charge on any atom is -0.318 e. The van der Waals surface area contributed by atoms with Crippen LogP contribution in [0.3, 0.4) is 0 Å². The third-order valence-electron chi connectivity index (χ3n) is 2.95. The summed E-state index contributed by atoms with van der Waals surface area (Å²) in [7, 11) is 0. The fourth-order valence-corrected chi connectivity index (χ4v) is 2.01. The van der Waals surface area contributed by atoms with Gasteiger partial charge >= 0.3 is 0 Å². The zero-order valence-electron chi connectivity index (χ0n) is 9.96. The van der Waals surface area contributed by atoms with Crippen molar-refractivity contribution in [3.63, 3.8) is 0 Å². The second-order valence-electron chi connectivity index (χ2n) is 4.09. The first-order valence-corrected chi connectivity index (χ1v) is 5.60. The number of likely N-dealkylation sites (tertiary alicyclic amines) is 1. The van der Waals surface area contributed by atoms with E-state index in [2.05, 4.69) is 5.43 Å². The number of para-hydroxylation sites is 1. The smallest absolute Gasteiger partial charge is 0.293 e. The van der Waals surface area contributed by atoms with E-state index in [9.17, 15) is 19.7 Å². The molecule has 1 aliphatic heterocycles.